The highest BCUT2D eigenvalue weighted by Crippen LogP contribution is 2.20. The lowest BCUT2D eigenvalue weighted by Gasteiger charge is -2.26. The number of nitrogen functional groups attached to an aromatic ring is 1. The molecule has 1 aliphatic heterocycles. The van der Waals surface area contributed by atoms with E-state index in [2.05, 4.69) is 23.2 Å². The van der Waals surface area contributed by atoms with Gasteiger partial charge in [-0.15, -0.1) is 0 Å². The Kier molecular flexibility index (Phi) is 4.84. The number of morpholine rings is 1. The van der Waals surface area contributed by atoms with Gasteiger partial charge in [0.2, 0.25) is 0 Å². The van der Waals surface area contributed by atoms with E-state index >= 15 is 0 Å². The second kappa shape index (κ2) is 6.61. The fourth-order valence-corrected chi connectivity index (χ4v) is 2.20. The van der Waals surface area contributed by atoms with Crippen LogP contribution in [0.5, 0.6) is 0 Å². The molecule has 2 rings (SSSR count). The molecule has 1 heterocycles. The third kappa shape index (κ3) is 3.62. The minimum Gasteiger partial charge on any atom is -0.398 e. The number of hydrogen-bond acceptors (Lipinski definition) is 4. The lowest BCUT2D eigenvalue weighted by atomic mass is 10.1. The molecule has 3 N–H and O–H groups in total. The molecule has 0 unspecified atom stereocenters. The Bertz CT molecular complexity index is 375. The van der Waals surface area contributed by atoms with Crippen LogP contribution < -0.4 is 11.1 Å². The Morgan fingerprint density at radius 1 is 1.33 bits per heavy atom. The van der Waals surface area contributed by atoms with Gasteiger partial charge in [0.25, 0.3) is 0 Å². The standard InChI is InChI=1S/C14H23N3O/c1-12-13(15)4-2-5-14(12)16-6-3-7-17-8-10-18-11-9-17/h2,4-5,16H,3,6-11,15H2,1H3. The van der Waals surface area contributed by atoms with Gasteiger partial charge in [-0.05, 0) is 37.6 Å². The van der Waals surface area contributed by atoms with Crippen molar-refractivity contribution in [2.24, 2.45) is 0 Å². The molecule has 4 heteroatoms. The van der Waals surface area contributed by atoms with Crippen LogP contribution in [-0.4, -0.2) is 44.3 Å². The molecule has 18 heavy (non-hydrogen) atoms. The number of anilines is 2. The quantitative estimate of drug-likeness (QED) is 0.616. The van der Waals surface area contributed by atoms with Crippen LogP contribution in [0, 0.1) is 6.92 Å². The van der Waals surface area contributed by atoms with E-state index in [1.807, 2.05) is 12.1 Å². The summed E-state index contributed by atoms with van der Waals surface area (Å²) in [5, 5.41) is 3.46. The highest BCUT2D eigenvalue weighted by molar-refractivity contribution is 5.62. The van der Waals surface area contributed by atoms with E-state index in [1.54, 1.807) is 0 Å². The van der Waals surface area contributed by atoms with Gasteiger partial charge in [0.15, 0.2) is 0 Å². The molecule has 0 atom stereocenters. The fourth-order valence-electron chi connectivity index (χ4n) is 2.20. The van der Waals surface area contributed by atoms with Crippen LogP contribution in [0.1, 0.15) is 12.0 Å². The zero-order chi connectivity index (χ0) is 12.8. The summed E-state index contributed by atoms with van der Waals surface area (Å²) in [7, 11) is 0. The number of nitrogens with two attached hydrogens (primary N) is 1. The van der Waals surface area contributed by atoms with Crippen molar-refractivity contribution in [1.29, 1.82) is 0 Å². The SMILES string of the molecule is Cc1c(N)cccc1NCCCN1CCOCC1. The molecule has 0 aromatic heterocycles. The number of rotatable bonds is 5. The molecule has 0 saturated carbocycles. The monoisotopic (exact) mass is 249 g/mol. The van der Waals surface area contributed by atoms with Crippen LogP contribution in [0.15, 0.2) is 18.2 Å². The number of benzene rings is 1. The summed E-state index contributed by atoms with van der Waals surface area (Å²) in [5.74, 6) is 0. The first kappa shape index (κ1) is 13.2. The highest BCUT2D eigenvalue weighted by atomic mass is 16.5. The zero-order valence-corrected chi connectivity index (χ0v) is 11.1. The Morgan fingerprint density at radius 2 is 2.11 bits per heavy atom. The maximum Gasteiger partial charge on any atom is 0.0594 e. The molecule has 0 radical (unpaired) electrons. The van der Waals surface area contributed by atoms with E-state index in [4.69, 9.17) is 10.5 Å². The molecule has 1 aromatic carbocycles. The predicted octanol–water partition coefficient (Wildman–Crippen LogP) is 1.71. The van der Waals surface area contributed by atoms with Gasteiger partial charge in [0, 0.05) is 31.0 Å². The maximum atomic E-state index is 5.88. The van der Waals surface area contributed by atoms with Gasteiger partial charge in [-0.2, -0.15) is 0 Å². The van der Waals surface area contributed by atoms with Crippen molar-refractivity contribution >= 4 is 11.4 Å². The minimum atomic E-state index is 0.855. The summed E-state index contributed by atoms with van der Waals surface area (Å²) in [5.41, 5.74) is 9.03. The molecular weight excluding hydrogens is 226 g/mol. The first-order valence-corrected chi connectivity index (χ1v) is 6.66. The zero-order valence-electron chi connectivity index (χ0n) is 11.1. The summed E-state index contributed by atoms with van der Waals surface area (Å²) in [6.07, 6.45) is 1.15. The van der Waals surface area contributed by atoms with E-state index in [1.165, 1.54) is 0 Å². The van der Waals surface area contributed by atoms with Gasteiger partial charge < -0.3 is 15.8 Å². The molecule has 1 aliphatic rings. The summed E-state index contributed by atoms with van der Waals surface area (Å²) in [6, 6.07) is 6.02. The summed E-state index contributed by atoms with van der Waals surface area (Å²) in [4.78, 5) is 2.46. The molecule has 0 spiro atoms. The van der Waals surface area contributed by atoms with Crippen molar-refractivity contribution in [2.75, 3.05) is 50.4 Å². The Balaban J connectivity index is 1.70. The normalized spacial score (nSPS) is 16.7. The highest BCUT2D eigenvalue weighted by Gasteiger charge is 2.09. The molecule has 100 valence electrons. The van der Waals surface area contributed by atoms with Crippen molar-refractivity contribution in [3.8, 4) is 0 Å². The second-order valence-electron chi connectivity index (χ2n) is 4.75. The maximum absolute atomic E-state index is 5.88. The third-order valence-electron chi connectivity index (χ3n) is 3.45. The van der Waals surface area contributed by atoms with Crippen LogP contribution >= 0.6 is 0 Å². The largest absolute Gasteiger partial charge is 0.398 e. The Labute approximate surface area is 109 Å². The topological polar surface area (TPSA) is 50.5 Å². The van der Waals surface area contributed by atoms with Crippen LogP contribution in [0.3, 0.4) is 0 Å². The molecule has 1 aromatic rings. The molecule has 0 amide bonds. The Morgan fingerprint density at radius 3 is 2.89 bits per heavy atom. The van der Waals surface area contributed by atoms with E-state index in [0.717, 1.165) is 62.8 Å². The second-order valence-corrected chi connectivity index (χ2v) is 4.75. The van der Waals surface area contributed by atoms with Gasteiger partial charge in [0.1, 0.15) is 0 Å². The average Bonchev–Trinajstić information content (AvgIpc) is 2.40. The number of nitrogens with one attached hydrogen (secondary N) is 1. The summed E-state index contributed by atoms with van der Waals surface area (Å²) < 4.78 is 5.33. The minimum absolute atomic E-state index is 0.855. The van der Waals surface area contributed by atoms with Crippen LogP contribution in [-0.2, 0) is 4.74 Å². The van der Waals surface area contributed by atoms with E-state index in [9.17, 15) is 0 Å². The van der Waals surface area contributed by atoms with Crippen molar-refractivity contribution < 1.29 is 4.74 Å². The van der Waals surface area contributed by atoms with Gasteiger partial charge in [-0.25, -0.2) is 0 Å². The first-order chi connectivity index (χ1) is 8.77. The van der Waals surface area contributed by atoms with Crippen LogP contribution in [0.25, 0.3) is 0 Å². The van der Waals surface area contributed by atoms with Gasteiger partial charge in [-0.1, -0.05) is 6.07 Å². The molecule has 1 fully saturated rings. The van der Waals surface area contributed by atoms with Gasteiger partial charge >= 0.3 is 0 Å². The third-order valence-corrected chi connectivity index (χ3v) is 3.45. The first-order valence-electron chi connectivity index (χ1n) is 6.66. The van der Waals surface area contributed by atoms with Crippen molar-refractivity contribution in [2.45, 2.75) is 13.3 Å². The lowest BCUT2D eigenvalue weighted by molar-refractivity contribution is 0.0378. The smallest absolute Gasteiger partial charge is 0.0594 e. The van der Waals surface area contributed by atoms with E-state index in [-0.39, 0.29) is 0 Å². The van der Waals surface area contributed by atoms with Crippen LogP contribution in [0.2, 0.25) is 0 Å². The number of hydrogen-bond donors (Lipinski definition) is 2. The van der Waals surface area contributed by atoms with E-state index < -0.39 is 0 Å². The lowest BCUT2D eigenvalue weighted by Crippen LogP contribution is -2.37. The fraction of sp³-hybridized carbons (Fsp3) is 0.571. The van der Waals surface area contributed by atoms with Gasteiger partial charge in [-0.3, -0.25) is 4.90 Å². The molecule has 0 bridgehead atoms. The molecule has 4 nitrogen and oxygen atoms in total. The molecular formula is C14H23N3O. The van der Waals surface area contributed by atoms with Crippen LogP contribution in [0.4, 0.5) is 11.4 Å². The summed E-state index contributed by atoms with van der Waals surface area (Å²) in [6.45, 7) is 8.07. The molecule has 0 aliphatic carbocycles. The number of nitrogens with zero attached hydrogens (tertiary/aromatic N) is 1. The summed E-state index contributed by atoms with van der Waals surface area (Å²) >= 11 is 0. The van der Waals surface area contributed by atoms with E-state index in [0.29, 0.717) is 0 Å². The Hall–Kier alpha value is -1.26. The predicted molar refractivity (Wildman–Crippen MR) is 76.0 cm³/mol. The van der Waals surface area contributed by atoms with Crippen molar-refractivity contribution in [1.82, 2.24) is 4.90 Å². The van der Waals surface area contributed by atoms with Crippen molar-refractivity contribution in [3.05, 3.63) is 23.8 Å². The number of ether oxygens (including phenoxy) is 1. The van der Waals surface area contributed by atoms with Gasteiger partial charge in [0.05, 0.1) is 13.2 Å². The van der Waals surface area contributed by atoms with Crippen molar-refractivity contribution in [3.63, 3.8) is 0 Å². The average molecular weight is 249 g/mol. The molecule has 1 saturated heterocycles.